The van der Waals surface area contributed by atoms with Crippen LogP contribution in [0.3, 0.4) is 0 Å². The van der Waals surface area contributed by atoms with Crippen LogP contribution in [0.5, 0.6) is 0 Å². The molecule has 0 spiro atoms. The highest BCUT2D eigenvalue weighted by atomic mass is 35.5. The van der Waals surface area contributed by atoms with Gasteiger partial charge in [-0.3, -0.25) is 9.69 Å². The van der Waals surface area contributed by atoms with Crippen LogP contribution in [0.4, 0.5) is 0 Å². The van der Waals surface area contributed by atoms with Crippen LogP contribution in [0.25, 0.3) is 0 Å². The summed E-state index contributed by atoms with van der Waals surface area (Å²) < 4.78 is 5.96. The van der Waals surface area contributed by atoms with E-state index in [2.05, 4.69) is 9.88 Å². The smallest absolute Gasteiger partial charge is 0.305 e. The summed E-state index contributed by atoms with van der Waals surface area (Å²) >= 11 is 7.24. The van der Waals surface area contributed by atoms with Gasteiger partial charge in [0.25, 0.3) is 0 Å². The van der Waals surface area contributed by atoms with Gasteiger partial charge in [0, 0.05) is 12.6 Å². The van der Waals surface area contributed by atoms with Crippen molar-refractivity contribution in [3.63, 3.8) is 0 Å². The van der Waals surface area contributed by atoms with E-state index in [1.54, 1.807) is 6.20 Å². The zero-order valence-electron chi connectivity index (χ0n) is 9.13. The molecule has 0 aromatic carbocycles. The minimum absolute atomic E-state index is 0.0797. The molecular weight excluding hydrogens is 264 g/mol. The normalized spacial score (nSPS) is 21.6. The molecule has 2 heterocycles. The fraction of sp³-hybridized carbons (Fsp3) is 0.600. The number of morpholine rings is 1. The molecule has 5 nitrogen and oxygen atoms in total. The van der Waals surface area contributed by atoms with E-state index < -0.39 is 5.97 Å². The number of thiazole rings is 1. The minimum atomic E-state index is -0.803. The first kappa shape index (κ1) is 12.8. The van der Waals surface area contributed by atoms with Crippen molar-refractivity contribution >= 4 is 28.9 Å². The molecule has 0 saturated carbocycles. The molecule has 1 aromatic rings. The molecule has 1 fully saturated rings. The number of ether oxygens (including phenoxy) is 1. The second-order valence-corrected chi connectivity index (χ2v) is 5.60. The van der Waals surface area contributed by atoms with E-state index in [1.165, 1.54) is 11.3 Å². The lowest BCUT2D eigenvalue weighted by Gasteiger charge is -2.34. The van der Waals surface area contributed by atoms with Crippen molar-refractivity contribution in [1.29, 1.82) is 0 Å². The fourth-order valence-electron chi connectivity index (χ4n) is 1.82. The maximum Gasteiger partial charge on any atom is 0.305 e. The number of nitrogens with zero attached hydrogens (tertiary/aromatic N) is 2. The largest absolute Gasteiger partial charge is 0.481 e. The van der Waals surface area contributed by atoms with Crippen molar-refractivity contribution in [3.05, 3.63) is 15.5 Å². The first-order valence-corrected chi connectivity index (χ1v) is 6.48. The summed E-state index contributed by atoms with van der Waals surface area (Å²) in [6.07, 6.45) is 1.72. The quantitative estimate of drug-likeness (QED) is 0.902. The lowest BCUT2D eigenvalue weighted by molar-refractivity contribution is -0.140. The number of halogens is 1. The standard InChI is InChI=1S/C10H13ClN2O3S/c11-8-4-12-9(17-8)5-13-1-2-16-6-7(13)3-10(14)15/h4,7H,1-3,5-6H2,(H,14,15). The Kier molecular flexibility index (Phi) is 4.33. The predicted octanol–water partition coefficient (Wildman–Crippen LogP) is 1.47. The average molecular weight is 277 g/mol. The van der Waals surface area contributed by atoms with Crippen LogP contribution in [0.2, 0.25) is 4.34 Å². The van der Waals surface area contributed by atoms with Gasteiger partial charge in [0.2, 0.25) is 0 Å². The second kappa shape index (κ2) is 5.77. The van der Waals surface area contributed by atoms with Gasteiger partial charge in [-0.2, -0.15) is 0 Å². The first-order valence-electron chi connectivity index (χ1n) is 5.29. The Morgan fingerprint density at radius 3 is 3.24 bits per heavy atom. The van der Waals surface area contributed by atoms with Gasteiger partial charge in [0.05, 0.1) is 32.4 Å². The van der Waals surface area contributed by atoms with Gasteiger partial charge in [-0.25, -0.2) is 4.98 Å². The van der Waals surface area contributed by atoms with Crippen molar-refractivity contribution in [3.8, 4) is 0 Å². The molecule has 0 radical (unpaired) electrons. The molecule has 1 aliphatic heterocycles. The summed E-state index contributed by atoms with van der Waals surface area (Å²) in [4.78, 5) is 17.0. The van der Waals surface area contributed by atoms with Crippen LogP contribution in [0.1, 0.15) is 11.4 Å². The van der Waals surface area contributed by atoms with Crippen LogP contribution in [-0.4, -0.2) is 46.8 Å². The molecule has 17 heavy (non-hydrogen) atoms. The van der Waals surface area contributed by atoms with Gasteiger partial charge in [-0.15, -0.1) is 11.3 Å². The molecule has 1 aliphatic rings. The minimum Gasteiger partial charge on any atom is -0.481 e. The number of rotatable bonds is 4. The number of aliphatic carboxylic acids is 1. The summed E-state index contributed by atoms with van der Waals surface area (Å²) in [5.74, 6) is -0.803. The fourth-order valence-corrected chi connectivity index (χ4v) is 2.80. The van der Waals surface area contributed by atoms with Crippen LogP contribution >= 0.6 is 22.9 Å². The van der Waals surface area contributed by atoms with Gasteiger partial charge in [0.15, 0.2) is 0 Å². The van der Waals surface area contributed by atoms with Gasteiger partial charge in [-0.05, 0) is 0 Å². The molecule has 0 amide bonds. The van der Waals surface area contributed by atoms with Crippen LogP contribution in [-0.2, 0) is 16.1 Å². The summed E-state index contributed by atoms with van der Waals surface area (Å²) in [6, 6.07) is -0.0797. The summed E-state index contributed by atoms with van der Waals surface area (Å²) in [5.41, 5.74) is 0. The number of aromatic nitrogens is 1. The number of carbonyl (C=O) groups is 1. The topological polar surface area (TPSA) is 62.7 Å². The van der Waals surface area contributed by atoms with Crippen LogP contribution in [0.15, 0.2) is 6.20 Å². The second-order valence-electron chi connectivity index (χ2n) is 3.86. The van der Waals surface area contributed by atoms with E-state index >= 15 is 0 Å². The van der Waals surface area contributed by atoms with E-state index in [9.17, 15) is 4.79 Å². The highest BCUT2D eigenvalue weighted by molar-refractivity contribution is 7.15. The SMILES string of the molecule is O=C(O)CC1COCCN1Cc1ncc(Cl)s1. The van der Waals surface area contributed by atoms with E-state index in [0.717, 1.165) is 11.6 Å². The molecule has 1 atom stereocenters. The van der Waals surface area contributed by atoms with Crippen LogP contribution < -0.4 is 0 Å². The van der Waals surface area contributed by atoms with Crippen molar-refractivity contribution in [2.24, 2.45) is 0 Å². The summed E-state index contributed by atoms with van der Waals surface area (Å²) in [6.45, 7) is 2.47. The zero-order chi connectivity index (χ0) is 12.3. The number of hydrogen-bond acceptors (Lipinski definition) is 5. The van der Waals surface area contributed by atoms with Gasteiger partial charge in [-0.1, -0.05) is 11.6 Å². The molecule has 2 rings (SSSR count). The Balaban J connectivity index is 1.98. The van der Waals surface area contributed by atoms with Crippen molar-refractivity contribution in [2.75, 3.05) is 19.8 Å². The predicted molar refractivity (Wildman–Crippen MR) is 64.4 cm³/mol. The summed E-state index contributed by atoms with van der Waals surface area (Å²) in [7, 11) is 0. The Morgan fingerprint density at radius 2 is 2.59 bits per heavy atom. The average Bonchev–Trinajstić information content (AvgIpc) is 2.66. The molecular formula is C10H13ClN2O3S. The maximum absolute atomic E-state index is 10.8. The zero-order valence-corrected chi connectivity index (χ0v) is 10.7. The first-order chi connectivity index (χ1) is 8.15. The van der Waals surface area contributed by atoms with Gasteiger partial charge >= 0.3 is 5.97 Å². The Hall–Kier alpha value is -0.690. The maximum atomic E-state index is 10.8. The Morgan fingerprint density at radius 1 is 1.76 bits per heavy atom. The van der Waals surface area contributed by atoms with E-state index in [0.29, 0.717) is 24.1 Å². The third-order valence-corrected chi connectivity index (χ3v) is 3.72. The highest BCUT2D eigenvalue weighted by Gasteiger charge is 2.25. The molecule has 94 valence electrons. The molecule has 0 bridgehead atoms. The van der Waals surface area contributed by atoms with E-state index in [4.69, 9.17) is 21.4 Å². The number of carboxylic acids is 1. The molecule has 1 aromatic heterocycles. The van der Waals surface area contributed by atoms with Gasteiger partial charge < -0.3 is 9.84 Å². The molecule has 1 unspecified atom stereocenters. The van der Waals surface area contributed by atoms with Crippen molar-refractivity contribution in [2.45, 2.75) is 19.0 Å². The molecule has 0 aliphatic carbocycles. The Labute approximate surface area is 108 Å². The monoisotopic (exact) mass is 276 g/mol. The molecule has 1 N–H and O–H groups in total. The van der Waals surface area contributed by atoms with E-state index in [1.807, 2.05) is 0 Å². The molecule has 7 heteroatoms. The third kappa shape index (κ3) is 3.64. The Bertz CT molecular complexity index is 399. The van der Waals surface area contributed by atoms with Crippen molar-refractivity contribution in [1.82, 2.24) is 9.88 Å². The lowest BCUT2D eigenvalue weighted by Crippen LogP contribution is -2.45. The number of carboxylic acid groups (broad SMARTS) is 1. The third-order valence-electron chi connectivity index (χ3n) is 2.62. The van der Waals surface area contributed by atoms with E-state index in [-0.39, 0.29) is 12.5 Å². The van der Waals surface area contributed by atoms with Crippen LogP contribution in [0, 0.1) is 0 Å². The van der Waals surface area contributed by atoms with Gasteiger partial charge in [0.1, 0.15) is 9.34 Å². The summed E-state index contributed by atoms with van der Waals surface area (Å²) in [5, 5.41) is 9.75. The number of hydrogen-bond donors (Lipinski definition) is 1. The van der Waals surface area contributed by atoms with Crippen molar-refractivity contribution < 1.29 is 14.6 Å². The lowest BCUT2D eigenvalue weighted by atomic mass is 10.1. The molecule has 1 saturated heterocycles. The highest BCUT2D eigenvalue weighted by Crippen LogP contribution is 2.21.